The lowest BCUT2D eigenvalue weighted by Gasteiger charge is -2.08. The fourth-order valence-electron chi connectivity index (χ4n) is 2.86. The largest absolute Gasteiger partial charge is 0.471 e. The molecule has 2 aromatic heterocycles. The van der Waals surface area contributed by atoms with Crippen LogP contribution in [0.3, 0.4) is 0 Å². The summed E-state index contributed by atoms with van der Waals surface area (Å²) in [5.74, 6) is -0.970. The minimum atomic E-state index is -0.539. The molecular formula is C22H18ClFN6O3. The topological polar surface area (TPSA) is 103 Å². The van der Waals surface area contributed by atoms with Crippen LogP contribution in [0.2, 0.25) is 5.02 Å². The van der Waals surface area contributed by atoms with Gasteiger partial charge in [0.05, 0.1) is 5.02 Å². The predicted octanol–water partition coefficient (Wildman–Crippen LogP) is 3.95. The Morgan fingerprint density at radius 3 is 2.27 bits per heavy atom. The lowest BCUT2D eigenvalue weighted by molar-refractivity contribution is 0.101. The average molecular weight is 469 g/mol. The van der Waals surface area contributed by atoms with Crippen molar-refractivity contribution in [3.63, 3.8) is 0 Å². The number of carbonyl (C=O) groups excluding carboxylic acids is 2. The van der Waals surface area contributed by atoms with E-state index in [1.54, 1.807) is 49.8 Å². The number of rotatable bonds is 7. The second-order valence-electron chi connectivity index (χ2n) is 6.95. The Kier molecular flexibility index (Phi) is 6.36. The van der Waals surface area contributed by atoms with E-state index in [-0.39, 0.29) is 29.0 Å². The Balaban J connectivity index is 1.35. The Morgan fingerprint density at radius 2 is 1.64 bits per heavy atom. The molecule has 0 aliphatic heterocycles. The normalized spacial score (nSPS) is 10.6. The van der Waals surface area contributed by atoms with Crippen molar-refractivity contribution < 1.29 is 18.7 Å². The summed E-state index contributed by atoms with van der Waals surface area (Å²) >= 11 is 5.73. The molecule has 0 unspecified atom stereocenters. The molecule has 0 saturated carbocycles. The van der Waals surface area contributed by atoms with Crippen molar-refractivity contribution in [3.05, 3.63) is 89.2 Å². The van der Waals surface area contributed by atoms with E-state index in [9.17, 15) is 14.0 Å². The molecule has 11 heteroatoms. The standard InChI is InChI=1S/C22H18ClFN6O3/c1-29-9-7-19(27-29)21(31)25-14-3-2-4-15(11-14)26-22(32)20-8-10-30(28-20)13-33-16-5-6-18(24)17(23)12-16/h2-12H,13H2,1H3,(H,25,31)(H,26,32). The SMILES string of the molecule is Cn1ccc(C(=O)Nc2cccc(NC(=O)c3ccn(COc4ccc(F)c(Cl)c4)n3)c2)n1. The van der Waals surface area contributed by atoms with E-state index >= 15 is 0 Å². The summed E-state index contributed by atoms with van der Waals surface area (Å²) in [6.45, 7) is 0.00425. The van der Waals surface area contributed by atoms with Crippen LogP contribution in [0, 0.1) is 5.82 Å². The van der Waals surface area contributed by atoms with Crippen LogP contribution in [0.4, 0.5) is 15.8 Å². The summed E-state index contributed by atoms with van der Waals surface area (Å²) in [5, 5.41) is 13.6. The van der Waals surface area contributed by atoms with Gasteiger partial charge in [-0.05, 0) is 42.5 Å². The Morgan fingerprint density at radius 1 is 0.970 bits per heavy atom. The number of benzene rings is 2. The van der Waals surface area contributed by atoms with Gasteiger partial charge >= 0.3 is 0 Å². The van der Waals surface area contributed by atoms with Gasteiger partial charge in [0.1, 0.15) is 11.6 Å². The van der Waals surface area contributed by atoms with E-state index in [1.165, 1.54) is 33.6 Å². The number of nitrogens with zero attached hydrogens (tertiary/aromatic N) is 4. The predicted molar refractivity (Wildman–Crippen MR) is 120 cm³/mol. The molecule has 4 rings (SSSR count). The fraction of sp³-hybridized carbons (Fsp3) is 0.0909. The number of hydrogen-bond acceptors (Lipinski definition) is 5. The van der Waals surface area contributed by atoms with Gasteiger partial charge in [0.2, 0.25) is 0 Å². The van der Waals surface area contributed by atoms with E-state index in [4.69, 9.17) is 16.3 Å². The van der Waals surface area contributed by atoms with Crippen molar-refractivity contribution in [2.45, 2.75) is 6.73 Å². The summed E-state index contributed by atoms with van der Waals surface area (Å²) in [4.78, 5) is 24.8. The molecule has 0 atom stereocenters. The third-order valence-corrected chi connectivity index (χ3v) is 4.74. The van der Waals surface area contributed by atoms with Crippen LogP contribution < -0.4 is 15.4 Å². The maximum Gasteiger partial charge on any atom is 0.276 e. The highest BCUT2D eigenvalue weighted by atomic mass is 35.5. The highest BCUT2D eigenvalue weighted by Gasteiger charge is 2.12. The van der Waals surface area contributed by atoms with Crippen LogP contribution in [0.25, 0.3) is 0 Å². The van der Waals surface area contributed by atoms with E-state index in [0.29, 0.717) is 17.1 Å². The summed E-state index contributed by atoms with van der Waals surface area (Å²) in [5.41, 5.74) is 1.42. The van der Waals surface area contributed by atoms with Crippen LogP contribution in [0.1, 0.15) is 21.0 Å². The van der Waals surface area contributed by atoms with Gasteiger partial charge in [-0.3, -0.25) is 14.3 Å². The maximum atomic E-state index is 13.2. The van der Waals surface area contributed by atoms with Gasteiger partial charge in [0.25, 0.3) is 11.8 Å². The molecule has 168 valence electrons. The zero-order valence-corrected chi connectivity index (χ0v) is 18.1. The number of aromatic nitrogens is 4. The van der Waals surface area contributed by atoms with Crippen LogP contribution in [-0.4, -0.2) is 31.4 Å². The number of aryl methyl sites for hydroxylation is 1. The number of amides is 2. The molecule has 4 aromatic rings. The van der Waals surface area contributed by atoms with Gasteiger partial charge in [-0.25, -0.2) is 9.07 Å². The molecule has 33 heavy (non-hydrogen) atoms. The summed E-state index contributed by atoms with van der Waals surface area (Å²) < 4.78 is 21.7. The molecule has 0 aliphatic carbocycles. The number of ether oxygens (including phenoxy) is 1. The quantitative estimate of drug-likeness (QED) is 0.427. The molecule has 2 heterocycles. The van der Waals surface area contributed by atoms with Gasteiger partial charge in [-0.15, -0.1) is 0 Å². The average Bonchev–Trinajstić information content (AvgIpc) is 3.44. The van der Waals surface area contributed by atoms with Crippen molar-refractivity contribution >= 4 is 34.8 Å². The highest BCUT2D eigenvalue weighted by Crippen LogP contribution is 2.21. The zero-order valence-electron chi connectivity index (χ0n) is 17.3. The summed E-state index contributed by atoms with van der Waals surface area (Å²) in [7, 11) is 1.72. The third kappa shape index (κ3) is 5.55. The molecular weight excluding hydrogens is 451 g/mol. The van der Waals surface area contributed by atoms with Crippen molar-refractivity contribution in [1.29, 1.82) is 0 Å². The van der Waals surface area contributed by atoms with E-state index in [1.807, 2.05) is 0 Å². The van der Waals surface area contributed by atoms with Crippen molar-refractivity contribution in [2.75, 3.05) is 10.6 Å². The van der Waals surface area contributed by atoms with Gasteiger partial charge in [0.15, 0.2) is 18.1 Å². The number of hydrogen-bond donors (Lipinski definition) is 2. The monoisotopic (exact) mass is 468 g/mol. The van der Waals surface area contributed by atoms with Gasteiger partial charge < -0.3 is 15.4 Å². The van der Waals surface area contributed by atoms with Gasteiger partial charge in [0, 0.05) is 36.9 Å². The smallest absolute Gasteiger partial charge is 0.276 e. The lowest BCUT2D eigenvalue weighted by Crippen LogP contribution is -2.15. The number of carbonyl (C=O) groups is 2. The van der Waals surface area contributed by atoms with Gasteiger partial charge in [-0.2, -0.15) is 10.2 Å². The molecule has 0 fully saturated rings. The number of nitrogens with one attached hydrogen (secondary N) is 2. The van der Waals surface area contributed by atoms with Crippen LogP contribution in [0.5, 0.6) is 5.75 Å². The Labute approximate surface area is 192 Å². The van der Waals surface area contributed by atoms with Crippen molar-refractivity contribution in [3.8, 4) is 5.75 Å². The maximum absolute atomic E-state index is 13.2. The zero-order chi connectivity index (χ0) is 23.4. The minimum Gasteiger partial charge on any atom is -0.471 e. The van der Waals surface area contributed by atoms with Crippen molar-refractivity contribution in [1.82, 2.24) is 19.6 Å². The first-order valence-corrected chi connectivity index (χ1v) is 10.1. The summed E-state index contributed by atoms with van der Waals surface area (Å²) in [6.07, 6.45) is 3.24. The minimum absolute atomic E-state index is 0.00425. The summed E-state index contributed by atoms with van der Waals surface area (Å²) in [6, 6.07) is 13.8. The fourth-order valence-corrected chi connectivity index (χ4v) is 3.03. The highest BCUT2D eigenvalue weighted by molar-refractivity contribution is 6.30. The van der Waals surface area contributed by atoms with Gasteiger partial charge in [-0.1, -0.05) is 17.7 Å². The second-order valence-corrected chi connectivity index (χ2v) is 7.36. The number of halogens is 2. The number of anilines is 2. The molecule has 0 saturated heterocycles. The van der Waals surface area contributed by atoms with E-state index < -0.39 is 11.7 Å². The first-order valence-electron chi connectivity index (χ1n) is 9.71. The first kappa shape index (κ1) is 22.0. The van der Waals surface area contributed by atoms with Crippen LogP contribution in [-0.2, 0) is 13.8 Å². The van der Waals surface area contributed by atoms with Crippen LogP contribution in [0.15, 0.2) is 67.0 Å². The molecule has 0 bridgehead atoms. The molecule has 2 amide bonds. The molecule has 0 radical (unpaired) electrons. The van der Waals surface area contributed by atoms with Crippen LogP contribution >= 0.6 is 11.6 Å². The Hall–Kier alpha value is -4.18. The van der Waals surface area contributed by atoms with E-state index in [2.05, 4.69) is 20.8 Å². The van der Waals surface area contributed by atoms with E-state index in [0.717, 1.165) is 0 Å². The Bertz CT molecular complexity index is 1320. The lowest BCUT2D eigenvalue weighted by atomic mass is 10.2. The third-order valence-electron chi connectivity index (χ3n) is 4.45. The first-order chi connectivity index (χ1) is 15.9. The molecule has 0 aliphatic rings. The molecule has 0 spiro atoms. The molecule has 9 nitrogen and oxygen atoms in total. The molecule has 2 aromatic carbocycles. The van der Waals surface area contributed by atoms with Crippen molar-refractivity contribution in [2.24, 2.45) is 7.05 Å². The molecule has 2 N–H and O–H groups in total. The second kappa shape index (κ2) is 9.53.